The van der Waals surface area contributed by atoms with Crippen molar-refractivity contribution in [2.45, 2.75) is 32.5 Å². The Balaban J connectivity index is 2.11. The number of halogens is 3. The minimum atomic E-state index is -4.36. The van der Waals surface area contributed by atoms with Crippen molar-refractivity contribution in [1.82, 2.24) is 0 Å². The van der Waals surface area contributed by atoms with E-state index in [1.54, 1.807) is 12.1 Å². The van der Waals surface area contributed by atoms with Crippen LogP contribution in [0.5, 0.6) is 11.5 Å². The molecule has 0 saturated carbocycles. The van der Waals surface area contributed by atoms with Gasteiger partial charge in [0.1, 0.15) is 6.61 Å². The van der Waals surface area contributed by atoms with E-state index in [0.29, 0.717) is 30.2 Å². The molecule has 0 unspecified atom stereocenters. The Bertz CT molecular complexity index is 687. The molecule has 0 heterocycles. The van der Waals surface area contributed by atoms with Gasteiger partial charge in [-0.3, -0.25) is 0 Å². The molecule has 2 rings (SSSR count). The standard InChI is InChI=1S/C19H22F3NO2/c1-2-24-18-12-14(6-4-10-23)8-9-17(18)25-13-15-5-3-7-16(11-15)19(20,21)22/h3,5,7-9,11-12H,2,4,6,10,13,23H2,1H3. The molecule has 2 N–H and O–H groups in total. The summed E-state index contributed by atoms with van der Waals surface area (Å²) in [6.07, 6.45) is -2.66. The van der Waals surface area contributed by atoms with Crippen LogP contribution in [-0.4, -0.2) is 13.2 Å². The van der Waals surface area contributed by atoms with Crippen molar-refractivity contribution in [2.75, 3.05) is 13.2 Å². The molecule has 0 fully saturated rings. The van der Waals surface area contributed by atoms with Crippen LogP contribution >= 0.6 is 0 Å². The second-order valence-corrected chi connectivity index (χ2v) is 5.59. The molecule has 3 nitrogen and oxygen atoms in total. The summed E-state index contributed by atoms with van der Waals surface area (Å²) in [5.74, 6) is 1.10. The van der Waals surface area contributed by atoms with Gasteiger partial charge in [0.2, 0.25) is 0 Å². The largest absolute Gasteiger partial charge is 0.490 e. The van der Waals surface area contributed by atoms with Gasteiger partial charge < -0.3 is 15.2 Å². The molecule has 0 atom stereocenters. The van der Waals surface area contributed by atoms with Gasteiger partial charge in [-0.15, -0.1) is 0 Å². The molecule has 0 radical (unpaired) electrons. The predicted molar refractivity (Wildman–Crippen MR) is 90.8 cm³/mol. The van der Waals surface area contributed by atoms with Crippen LogP contribution in [0.3, 0.4) is 0 Å². The number of benzene rings is 2. The number of alkyl halides is 3. The molecule has 2 aromatic carbocycles. The number of nitrogens with two attached hydrogens (primary N) is 1. The lowest BCUT2D eigenvalue weighted by Gasteiger charge is -2.14. The maximum atomic E-state index is 12.8. The second-order valence-electron chi connectivity index (χ2n) is 5.59. The van der Waals surface area contributed by atoms with Gasteiger partial charge in [0.25, 0.3) is 0 Å². The van der Waals surface area contributed by atoms with Gasteiger partial charge in [-0.2, -0.15) is 13.2 Å². The van der Waals surface area contributed by atoms with Crippen molar-refractivity contribution in [3.8, 4) is 11.5 Å². The van der Waals surface area contributed by atoms with E-state index in [2.05, 4.69) is 0 Å². The highest BCUT2D eigenvalue weighted by Gasteiger charge is 2.30. The third-order valence-corrected chi connectivity index (χ3v) is 3.63. The monoisotopic (exact) mass is 353 g/mol. The Labute approximate surface area is 145 Å². The summed E-state index contributed by atoms with van der Waals surface area (Å²) in [4.78, 5) is 0. The van der Waals surface area contributed by atoms with E-state index in [-0.39, 0.29) is 6.61 Å². The van der Waals surface area contributed by atoms with E-state index in [1.807, 2.05) is 19.1 Å². The summed E-state index contributed by atoms with van der Waals surface area (Å²) in [5.41, 5.74) is 6.37. The van der Waals surface area contributed by atoms with Crippen LogP contribution in [0.4, 0.5) is 13.2 Å². The first kappa shape index (κ1) is 19.1. The van der Waals surface area contributed by atoms with Gasteiger partial charge in [-0.1, -0.05) is 18.2 Å². The van der Waals surface area contributed by atoms with Crippen molar-refractivity contribution in [3.63, 3.8) is 0 Å². The van der Waals surface area contributed by atoms with Gasteiger partial charge in [0.05, 0.1) is 12.2 Å². The van der Waals surface area contributed by atoms with Crippen molar-refractivity contribution in [1.29, 1.82) is 0 Å². The van der Waals surface area contributed by atoms with Crippen LogP contribution in [0, 0.1) is 0 Å². The number of rotatable bonds is 8. The Kier molecular flexibility index (Phi) is 6.70. The van der Waals surface area contributed by atoms with E-state index in [1.165, 1.54) is 6.07 Å². The minimum absolute atomic E-state index is 0.0339. The van der Waals surface area contributed by atoms with Gasteiger partial charge in [0, 0.05) is 0 Å². The van der Waals surface area contributed by atoms with Crippen LogP contribution in [0.15, 0.2) is 42.5 Å². The average Bonchev–Trinajstić information content (AvgIpc) is 2.59. The van der Waals surface area contributed by atoms with Gasteiger partial charge >= 0.3 is 6.18 Å². The molecule has 0 aliphatic heterocycles. The highest BCUT2D eigenvalue weighted by molar-refractivity contribution is 5.43. The Morgan fingerprint density at radius 3 is 2.44 bits per heavy atom. The zero-order valence-electron chi connectivity index (χ0n) is 14.1. The summed E-state index contributed by atoms with van der Waals surface area (Å²) in [6.45, 7) is 2.98. The molecule has 0 aliphatic rings. The van der Waals surface area contributed by atoms with Crippen molar-refractivity contribution in [3.05, 3.63) is 59.2 Å². The smallest absolute Gasteiger partial charge is 0.416 e. The maximum absolute atomic E-state index is 12.8. The summed E-state index contributed by atoms with van der Waals surface area (Å²) in [5, 5.41) is 0. The zero-order chi connectivity index (χ0) is 18.3. The fourth-order valence-electron chi connectivity index (χ4n) is 2.40. The number of aryl methyl sites for hydroxylation is 1. The molecule has 25 heavy (non-hydrogen) atoms. The third kappa shape index (κ3) is 5.67. The number of ether oxygens (including phenoxy) is 2. The quantitative estimate of drug-likeness (QED) is 0.756. The highest BCUT2D eigenvalue weighted by atomic mass is 19.4. The van der Waals surface area contributed by atoms with Crippen molar-refractivity contribution in [2.24, 2.45) is 5.73 Å². The van der Waals surface area contributed by atoms with E-state index in [4.69, 9.17) is 15.2 Å². The first-order chi connectivity index (χ1) is 11.9. The Hall–Kier alpha value is -2.21. The third-order valence-electron chi connectivity index (χ3n) is 3.63. The average molecular weight is 353 g/mol. The van der Waals surface area contributed by atoms with E-state index < -0.39 is 11.7 Å². The summed E-state index contributed by atoms with van der Waals surface area (Å²) in [6, 6.07) is 10.7. The maximum Gasteiger partial charge on any atom is 0.416 e. The molecular weight excluding hydrogens is 331 g/mol. The van der Waals surface area contributed by atoms with Crippen LogP contribution in [-0.2, 0) is 19.2 Å². The summed E-state index contributed by atoms with van der Waals surface area (Å²) >= 11 is 0. The number of hydrogen-bond donors (Lipinski definition) is 1. The lowest BCUT2D eigenvalue weighted by molar-refractivity contribution is -0.137. The molecular formula is C19H22F3NO2. The van der Waals surface area contributed by atoms with Gasteiger partial charge in [-0.25, -0.2) is 0 Å². The molecule has 0 saturated heterocycles. The minimum Gasteiger partial charge on any atom is -0.490 e. The summed E-state index contributed by atoms with van der Waals surface area (Å²) < 4.78 is 49.6. The lowest BCUT2D eigenvalue weighted by Crippen LogP contribution is -2.06. The van der Waals surface area contributed by atoms with Crippen molar-refractivity contribution >= 4 is 0 Å². The molecule has 0 aromatic heterocycles. The van der Waals surface area contributed by atoms with E-state index in [0.717, 1.165) is 30.5 Å². The molecule has 136 valence electrons. The Morgan fingerprint density at radius 2 is 1.76 bits per heavy atom. The fraction of sp³-hybridized carbons (Fsp3) is 0.368. The molecule has 6 heteroatoms. The zero-order valence-corrected chi connectivity index (χ0v) is 14.1. The summed E-state index contributed by atoms with van der Waals surface area (Å²) in [7, 11) is 0. The fourth-order valence-corrected chi connectivity index (χ4v) is 2.40. The molecule has 0 aliphatic carbocycles. The molecule has 0 bridgehead atoms. The van der Waals surface area contributed by atoms with Crippen LogP contribution in [0.1, 0.15) is 30.0 Å². The highest BCUT2D eigenvalue weighted by Crippen LogP contribution is 2.32. The van der Waals surface area contributed by atoms with Crippen LogP contribution in [0.25, 0.3) is 0 Å². The van der Waals surface area contributed by atoms with Gasteiger partial charge in [-0.05, 0) is 61.7 Å². The normalized spacial score (nSPS) is 11.4. The lowest BCUT2D eigenvalue weighted by atomic mass is 10.1. The van der Waals surface area contributed by atoms with Crippen LogP contribution < -0.4 is 15.2 Å². The van der Waals surface area contributed by atoms with Gasteiger partial charge in [0.15, 0.2) is 11.5 Å². The predicted octanol–water partition coefficient (Wildman–Crippen LogP) is 4.57. The topological polar surface area (TPSA) is 44.5 Å². The van der Waals surface area contributed by atoms with Crippen molar-refractivity contribution < 1.29 is 22.6 Å². The Morgan fingerprint density at radius 1 is 0.960 bits per heavy atom. The van der Waals surface area contributed by atoms with E-state index in [9.17, 15) is 13.2 Å². The second kappa shape index (κ2) is 8.76. The van der Waals surface area contributed by atoms with E-state index >= 15 is 0 Å². The molecule has 2 aromatic rings. The first-order valence-electron chi connectivity index (χ1n) is 8.18. The first-order valence-corrected chi connectivity index (χ1v) is 8.18. The van der Waals surface area contributed by atoms with Crippen LogP contribution in [0.2, 0.25) is 0 Å². The number of hydrogen-bond acceptors (Lipinski definition) is 3. The molecule has 0 spiro atoms. The SMILES string of the molecule is CCOc1cc(CCCN)ccc1OCc1cccc(C(F)(F)F)c1. The molecule has 0 amide bonds.